The highest BCUT2D eigenvalue weighted by molar-refractivity contribution is 5.03. The molecule has 0 spiro atoms. The molecule has 2 rings (SSSR count). The molecule has 1 fully saturated rings. The quantitative estimate of drug-likeness (QED) is 0.679. The van der Waals surface area contributed by atoms with E-state index in [-0.39, 0.29) is 0 Å². The maximum atomic E-state index is 4.16. The Morgan fingerprint density at radius 3 is 2.77 bits per heavy atom. The molecule has 3 heteroatoms. The summed E-state index contributed by atoms with van der Waals surface area (Å²) in [7, 11) is 1.97. The van der Waals surface area contributed by atoms with E-state index in [1.165, 1.54) is 31.5 Å². The number of likely N-dealkylation sites (tertiary alicyclic amines) is 1. The third-order valence-corrected chi connectivity index (χ3v) is 2.46. The van der Waals surface area contributed by atoms with E-state index in [4.69, 9.17) is 0 Å². The molecule has 1 saturated heterocycles. The highest BCUT2D eigenvalue weighted by Crippen LogP contribution is 2.11. The predicted molar refractivity (Wildman–Crippen MR) is 52.0 cm³/mol. The van der Waals surface area contributed by atoms with Crippen LogP contribution in [-0.2, 0) is 13.6 Å². The molecule has 2 heterocycles. The molecular formula is C10H16N3. The third-order valence-electron chi connectivity index (χ3n) is 2.46. The van der Waals surface area contributed by atoms with Crippen molar-refractivity contribution in [1.82, 2.24) is 14.7 Å². The largest absolute Gasteiger partial charge is 0.299 e. The smallest absolute Gasteiger partial charge is 0.0534 e. The van der Waals surface area contributed by atoms with Crippen LogP contribution in [0.25, 0.3) is 0 Å². The van der Waals surface area contributed by atoms with Gasteiger partial charge >= 0.3 is 0 Å². The minimum absolute atomic E-state index is 1.06. The molecule has 0 bridgehead atoms. The standard InChI is InChI=1S/C10H16N3/c1-12-8-10(7-11-12)9-13-5-3-2-4-6-13/h2,7-8H,3-6,9H2,1H3. The molecule has 1 aliphatic heterocycles. The number of rotatable bonds is 2. The summed E-state index contributed by atoms with van der Waals surface area (Å²) in [6.45, 7) is 3.46. The van der Waals surface area contributed by atoms with Crippen molar-refractivity contribution in [3.05, 3.63) is 24.4 Å². The zero-order chi connectivity index (χ0) is 9.10. The van der Waals surface area contributed by atoms with Crippen molar-refractivity contribution in [2.24, 2.45) is 7.05 Å². The lowest BCUT2D eigenvalue weighted by molar-refractivity contribution is 0.246. The number of piperidine rings is 1. The molecule has 0 atom stereocenters. The second-order valence-corrected chi connectivity index (χ2v) is 3.66. The maximum Gasteiger partial charge on any atom is 0.0534 e. The average Bonchev–Trinajstić information content (AvgIpc) is 2.53. The van der Waals surface area contributed by atoms with Gasteiger partial charge in [-0.25, -0.2) is 0 Å². The minimum atomic E-state index is 1.06. The van der Waals surface area contributed by atoms with Crippen LogP contribution >= 0.6 is 0 Å². The lowest BCUT2D eigenvalue weighted by Gasteiger charge is -2.25. The van der Waals surface area contributed by atoms with Gasteiger partial charge in [0.2, 0.25) is 0 Å². The molecule has 0 amide bonds. The summed E-state index contributed by atoms with van der Waals surface area (Å²) < 4.78 is 1.87. The normalized spacial score (nSPS) is 19.2. The molecule has 1 radical (unpaired) electrons. The summed E-state index contributed by atoms with van der Waals surface area (Å²) in [4.78, 5) is 2.48. The Hall–Kier alpha value is -0.830. The van der Waals surface area contributed by atoms with Gasteiger partial charge in [0.15, 0.2) is 0 Å². The van der Waals surface area contributed by atoms with Crippen molar-refractivity contribution < 1.29 is 0 Å². The number of nitrogens with zero attached hydrogens (tertiary/aromatic N) is 3. The number of hydrogen-bond donors (Lipinski definition) is 0. The van der Waals surface area contributed by atoms with E-state index in [0.29, 0.717) is 0 Å². The van der Waals surface area contributed by atoms with Gasteiger partial charge in [0, 0.05) is 25.4 Å². The van der Waals surface area contributed by atoms with Crippen molar-refractivity contribution in [3.8, 4) is 0 Å². The van der Waals surface area contributed by atoms with Crippen molar-refractivity contribution in [2.75, 3.05) is 13.1 Å². The van der Waals surface area contributed by atoms with Crippen molar-refractivity contribution in [1.29, 1.82) is 0 Å². The van der Waals surface area contributed by atoms with Crippen molar-refractivity contribution in [3.63, 3.8) is 0 Å². The van der Waals surface area contributed by atoms with E-state index >= 15 is 0 Å². The van der Waals surface area contributed by atoms with E-state index in [2.05, 4.69) is 22.6 Å². The second kappa shape index (κ2) is 3.92. The molecule has 1 aliphatic rings. The van der Waals surface area contributed by atoms with Gasteiger partial charge in [-0.1, -0.05) is 0 Å². The number of hydrogen-bond acceptors (Lipinski definition) is 2. The molecule has 1 aromatic rings. The van der Waals surface area contributed by atoms with Gasteiger partial charge in [-0.3, -0.25) is 9.58 Å². The van der Waals surface area contributed by atoms with Gasteiger partial charge in [-0.2, -0.15) is 5.10 Å². The Morgan fingerprint density at radius 1 is 1.38 bits per heavy atom. The number of aromatic nitrogens is 2. The fourth-order valence-corrected chi connectivity index (χ4v) is 1.77. The van der Waals surface area contributed by atoms with Crippen LogP contribution in [0.15, 0.2) is 12.4 Å². The maximum absolute atomic E-state index is 4.16. The summed E-state index contributed by atoms with van der Waals surface area (Å²) in [6, 6.07) is 0. The van der Waals surface area contributed by atoms with E-state index in [0.717, 1.165) is 6.54 Å². The van der Waals surface area contributed by atoms with Crippen molar-refractivity contribution in [2.45, 2.75) is 19.4 Å². The summed E-state index contributed by atoms with van der Waals surface area (Å²) in [5.41, 5.74) is 1.32. The minimum Gasteiger partial charge on any atom is -0.299 e. The predicted octanol–water partition coefficient (Wildman–Crippen LogP) is 1.22. The van der Waals surface area contributed by atoms with E-state index in [1.807, 2.05) is 17.9 Å². The molecule has 71 valence electrons. The molecule has 0 N–H and O–H groups in total. The Labute approximate surface area is 79.3 Å². The molecule has 1 aromatic heterocycles. The van der Waals surface area contributed by atoms with Crippen LogP contribution < -0.4 is 0 Å². The first kappa shape index (κ1) is 8.75. The van der Waals surface area contributed by atoms with Gasteiger partial charge < -0.3 is 0 Å². The lowest BCUT2D eigenvalue weighted by Crippen LogP contribution is -2.29. The van der Waals surface area contributed by atoms with Gasteiger partial charge in [0.1, 0.15) is 0 Å². The number of aryl methyl sites for hydroxylation is 1. The fourth-order valence-electron chi connectivity index (χ4n) is 1.77. The fraction of sp³-hybridized carbons (Fsp3) is 0.600. The first-order valence-electron chi connectivity index (χ1n) is 4.86. The Morgan fingerprint density at radius 2 is 2.15 bits per heavy atom. The van der Waals surface area contributed by atoms with Gasteiger partial charge in [-0.05, 0) is 32.4 Å². The van der Waals surface area contributed by atoms with Crippen LogP contribution in [0.1, 0.15) is 18.4 Å². The lowest BCUT2D eigenvalue weighted by atomic mass is 10.1. The molecule has 3 nitrogen and oxygen atoms in total. The summed E-state index contributed by atoms with van der Waals surface area (Å²) >= 11 is 0. The highest BCUT2D eigenvalue weighted by atomic mass is 15.2. The van der Waals surface area contributed by atoms with Gasteiger partial charge in [-0.15, -0.1) is 0 Å². The first-order valence-corrected chi connectivity index (χ1v) is 4.86. The van der Waals surface area contributed by atoms with Gasteiger partial charge in [0.05, 0.1) is 6.20 Å². The monoisotopic (exact) mass is 178 g/mol. The van der Waals surface area contributed by atoms with Crippen LogP contribution in [0.3, 0.4) is 0 Å². The van der Waals surface area contributed by atoms with Crippen LogP contribution in [0.4, 0.5) is 0 Å². The summed E-state index contributed by atoms with van der Waals surface area (Å²) in [6.07, 6.45) is 8.90. The van der Waals surface area contributed by atoms with Gasteiger partial charge in [0.25, 0.3) is 0 Å². The topological polar surface area (TPSA) is 21.1 Å². The van der Waals surface area contributed by atoms with E-state index in [9.17, 15) is 0 Å². The van der Waals surface area contributed by atoms with Crippen LogP contribution in [0.2, 0.25) is 0 Å². The molecule has 0 unspecified atom stereocenters. The zero-order valence-electron chi connectivity index (χ0n) is 8.11. The Balaban J connectivity index is 1.89. The molecule has 0 aromatic carbocycles. The van der Waals surface area contributed by atoms with Crippen LogP contribution in [0, 0.1) is 6.42 Å². The SMILES string of the molecule is Cn1cc(CN2CC[CH]CC2)cn1. The van der Waals surface area contributed by atoms with E-state index < -0.39 is 0 Å². The highest BCUT2D eigenvalue weighted by Gasteiger charge is 2.10. The third kappa shape index (κ3) is 2.31. The van der Waals surface area contributed by atoms with E-state index in [1.54, 1.807) is 0 Å². The molecule has 0 saturated carbocycles. The summed E-state index contributed by atoms with van der Waals surface area (Å²) in [5.74, 6) is 0. The summed E-state index contributed by atoms with van der Waals surface area (Å²) in [5, 5.41) is 4.16. The molecule has 0 aliphatic carbocycles. The van der Waals surface area contributed by atoms with Crippen molar-refractivity contribution >= 4 is 0 Å². The Kier molecular flexibility index (Phi) is 2.64. The van der Waals surface area contributed by atoms with Crippen LogP contribution in [0.5, 0.6) is 0 Å². The Bertz CT molecular complexity index is 261. The average molecular weight is 178 g/mol. The molecular weight excluding hydrogens is 162 g/mol. The molecule has 13 heavy (non-hydrogen) atoms. The van der Waals surface area contributed by atoms with Crippen LogP contribution in [-0.4, -0.2) is 27.8 Å². The first-order chi connectivity index (χ1) is 6.34. The zero-order valence-corrected chi connectivity index (χ0v) is 8.11. The second-order valence-electron chi connectivity index (χ2n) is 3.66.